The number of nitrogens with zero attached hydrogens (tertiary/aromatic N) is 1. The minimum atomic E-state index is -0.189. The number of hydrogen-bond acceptors (Lipinski definition) is 3. The second kappa shape index (κ2) is 9.13. The van der Waals surface area contributed by atoms with E-state index in [1.807, 2.05) is 30.3 Å². The molecule has 0 heterocycles. The minimum absolute atomic E-state index is 0.189. The van der Waals surface area contributed by atoms with Crippen molar-refractivity contribution in [3.05, 3.63) is 82.5 Å². The number of ether oxygens (including phenoxy) is 1. The summed E-state index contributed by atoms with van der Waals surface area (Å²) < 4.78 is 6.09. The van der Waals surface area contributed by atoms with E-state index in [1.165, 1.54) is 29.8 Å². The zero-order chi connectivity index (χ0) is 18.4. The van der Waals surface area contributed by atoms with Crippen LogP contribution in [-0.4, -0.2) is 12.3 Å². The summed E-state index contributed by atoms with van der Waals surface area (Å²) >= 11 is 10.7. The fourth-order valence-electron chi connectivity index (χ4n) is 2.10. The number of amides is 1. The summed E-state index contributed by atoms with van der Waals surface area (Å²) in [6, 6.07) is 13.2. The lowest BCUT2D eigenvalue weighted by atomic mass is 10.2. The average molecular weight is 439 g/mol. The predicted octanol–water partition coefficient (Wildman–Crippen LogP) is 6.67. The third kappa shape index (κ3) is 4.91. The Kier molecular flexibility index (Phi) is 7.17. The highest BCUT2D eigenvalue weighted by Gasteiger charge is 2.23. The summed E-state index contributed by atoms with van der Waals surface area (Å²) in [5, 5.41) is 0.281. The van der Waals surface area contributed by atoms with Crippen molar-refractivity contribution in [1.82, 2.24) is 0 Å². The second-order valence-corrected chi connectivity index (χ2v) is 7.20. The minimum Gasteiger partial charge on any atom is -0.495 e. The van der Waals surface area contributed by atoms with Crippen molar-refractivity contribution in [2.75, 3.05) is 12.0 Å². The van der Waals surface area contributed by atoms with Crippen LogP contribution in [0.2, 0.25) is 5.02 Å². The molecule has 0 N–H and O–H groups in total. The van der Waals surface area contributed by atoms with Crippen LogP contribution in [0.3, 0.4) is 0 Å². The van der Waals surface area contributed by atoms with E-state index in [0.29, 0.717) is 32.4 Å². The summed E-state index contributed by atoms with van der Waals surface area (Å²) in [4.78, 5) is 14.3. The SMILES string of the molecule is C=CC(=C)N(C(=O)SCc1ccccc1)c1cc(Cl)c(Br)cc1OC. The van der Waals surface area contributed by atoms with Crippen molar-refractivity contribution >= 4 is 50.2 Å². The van der Waals surface area contributed by atoms with E-state index < -0.39 is 0 Å². The number of carbonyl (C=O) groups excluding carboxylic acids is 1. The van der Waals surface area contributed by atoms with Crippen LogP contribution in [0, 0.1) is 0 Å². The highest BCUT2D eigenvalue weighted by atomic mass is 79.9. The van der Waals surface area contributed by atoms with Gasteiger partial charge in [0.15, 0.2) is 0 Å². The summed E-state index contributed by atoms with van der Waals surface area (Å²) in [5.74, 6) is 1.06. The molecule has 2 rings (SSSR count). The molecule has 0 aromatic heterocycles. The molecule has 0 atom stereocenters. The van der Waals surface area contributed by atoms with Gasteiger partial charge in [0, 0.05) is 15.9 Å². The molecular formula is C19H17BrClNO2S. The van der Waals surface area contributed by atoms with E-state index in [9.17, 15) is 4.79 Å². The maximum Gasteiger partial charge on any atom is 0.291 e. The lowest BCUT2D eigenvalue weighted by molar-refractivity contribution is 0.266. The number of benzene rings is 2. The molecule has 1 amide bonds. The lowest BCUT2D eigenvalue weighted by Gasteiger charge is -2.25. The molecule has 0 saturated heterocycles. The first-order chi connectivity index (χ1) is 12.0. The Bertz CT molecular complexity index is 796. The molecule has 0 fully saturated rings. The van der Waals surface area contributed by atoms with Gasteiger partial charge in [-0.3, -0.25) is 9.69 Å². The third-order valence-corrected chi connectivity index (χ3v) is 5.48. The van der Waals surface area contributed by atoms with Gasteiger partial charge in [-0.25, -0.2) is 0 Å². The summed E-state index contributed by atoms with van der Waals surface area (Å²) in [6.45, 7) is 7.63. The number of hydrogen-bond donors (Lipinski definition) is 0. The zero-order valence-electron chi connectivity index (χ0n) is 13.7. The van der Waals surface area contributed by atoms with Gasteiger partial charge < -0.3 is 4.74 Å². The number of methoxy groups -OCH3 is 1. The molecule has 0 radical (unpaired) electrons. The number of allylic oxidation sites excluding steroid dienone is 1. The van der Waals surface area contributed by atoms with Crippen molar-refractivity contribution in [2.24, 2.45) is 0 Å². The van der Waals surface area contributed by atoms with E-state index in [0.717, 1.165) is 5.56 Å². The van der Waals surface area contributed by atoms with Gasteiger partial charge in [-0.1, -0.05) is 66.9 Å². The molecule has 0 saturated carbocycles. The molecule has 25 heavy (non-hydrogen) atoms. The molecule has 2 aromatic rings. The maximum absolute atomic E-state index is 12.9. The molecule has 6 heteroatoms. The molecule has 0 unspecified atom stereocenters. The van der Waals surface area contributed by atoms with Gasteiger partial charge in [0.1, 0.15) is 5.75 Å². The topological polar surface area (TPSA) is 29.5 Å². The van der Waals surface area contributed by atoms with E-state index in [-0.39, 0.29) is 5.24 Å². The predicted molar refractivity (Wildman–Crippen MR) is 111 cm³/mol. The van der Waals surface area contributed by atoms with Crippen LogP contribution in [0.15, 0.2) is 71.9 Å². The van der Waals surface area contributed by atoms with Crippen molar-refractivity contribution < 1.29 is 9.53 Å². The van der Waals surface area contributed by atoms with Gasteiger partial charge in [0.2, 0.25) is 0 Å². The first kappa shape index (κ1) is 19.6. The van der Waals surface area contributed by atoms with Crippen LogP contribution in [0.1, 0.15) is 5.56 Å². The van der Waals surface area contributed by atoms with Gasteiger partial charge in [-0.15, -0.1) is 0 Å². The summed E-state index contributed by atoms with van der Waals surface area (Å²) in [6.07, 6.45) is 1.52. The zero-order valence-corrected chi connectivity index (χ0v) is 16.8. The molecule has 0 aliphatic rings. The van der Waals surface area contributed by atoms with E-state index in [1.54, 1.807) is 12.1 Å². The summed E-state index contributed by atoms with van der Waals surface area (Å²) in [5.41, 5.74) is 2.03. The van der Waals surface area contributed by atoms with Crippen LogP contribution < -0.4 is 9.64 Å². The molecule has 130 valence electrons. The molecule has 0 bridgehead atoms. The smallest absolute Gasteiger partial charge is 0.291 e. The molecule has 3 nitrogen and oxygen atoms in total. The lowest BCUT2D eigenvalue weighted by Crippen LogP contribution is -2.26. The molecular weight excluding hydrogens is 422 g/mol. The van der Waals surface area contributed by atoms with Gasteiger partial charge in [0.05, 0.1) is 17.8 Å². The summed E-state index contributed by atoms with van der Waals surface area (Å²) in [7, 11) is 1.54. The first-order valence-corrected chi connectivity index (χ1v) is 9.48. The first-order valence-electron chi connectivity index (χ1n) is 7.33. The van der Waals surface area contributed by atoms with E-state index in [2.05, 4.69) is 29.1 Å². The Morgan fingerprint density at radius 2 is 2.04 bits per heavy atom. The van der Waals surface area contributed by atoms with Gasteiger partial charge in [0.25, 0.3) is 5.24 Å². The van der Waals surface area contributed by atoms with Gasteiger partial charge in [-0.2, -0.15) is 0 Å². The number of carbonyl (C=O) groups is 1. The van der Waals surface area contributed by atoms with Crippen LogP contribution in [0.5, 0.6) is 5.75 Å². The van der Waals surface area contributed by atoms with Crippen molar-refractivity contribution in [1.29, 1.82) is 0 Å². The second-order valence-electron chi connectivity index (χ2n) is 5.01. The molecule has 0 aliphatic heterocycles. The van der Waals surface area contributed by atoms with Gasteiger partial charge in [-0.05, 0) is 39.7 Å². The van der Waals surface area contributed by atoms with Gasteiger partial charge >= 0.3 is 0 Å². The highest BCUT2D eigenvalue weighted by molar-refractivity contribution is 9.10. The number of halogens is 2. The van der Waals surface area contributed by atoms with Crippen LogP contribution in [0.25, 0.3) is 0 Å². The Labute approximate surface area is 165 Å². The molecule has 0 aliphatic carbocycles. The van der Waals surface area contributed by atoms with Crippen LogP contribution in [-0.2, 0) is 5.75 Å². The van der Waals surface area contributed by atoms with E-state index >= 15 is 0 Å². The third-order valence-electron chi connectivity index (χ3n) is 3.37. The highest BCUT2D eigenvalue weighted by Crippen LogP contribution is 2.39. The number of rotatable bonds is 6. The fourth-order valence-corrected chi connectivity index (χ4v) is 3.41. The van der Waals surface area contributed by atoms with Crippen LogP contribution in [0.4, 0.5) is 10.5 Å². The Morgan fingerprint density at radius 3 is 2.64 bits per heavy atom. The number of anilines is 1. The average Bonchev–Trinajstić information content (AvgIpc) is 2.63. The Hall–Kier alpha value is -1.69. The van der Waals surface area contributed by atoms with Crippen molar-refractivity contribution in [3.8, 4) is 5.75 Å². The fraction of sp³-hybridized carbons (Fsp3) is 0.105. The molecule has 2 aromatic carbocycles. The maximum atomic E-state index is 12.9. The Morgan fingerprint density at radius 1 is 1.36 bits per heavy atom. The quantitative estimate of drug-likeness (QED) is 0.472. The van der Waals surface area contributed by atoms with Crippen molar-refractivity contribution in [2.45, 2.75) is 5.75 Å². The van der Waals surface area contributed by atoms with Crippen LogP contribution >= 0.6 is 39.3 Å². The Balaban J connectivity index is 2.33. The number of thioether (sulfide) groups is 1. The monoisotopic (exact) mass is 437 g/mol. The molecule has 0 spiro atoms. The largest absolute Gasteiger partial charge is 0.495 e. The van der Waals surface area contributed by atoms with Crippen molar-refractivity contribution in [3.63, 3.8) is 0 Å². The standard InChI is InChI=1S/C19H17BrClNO2S/c1-4-13(2)22(17-11-16(21)15(20)10-18(17)24-3)19(23)25-12-14-8-6-5-7-9-14/h4-11H,1-2,12H2,3H3. The normalized spacial score (nSPS) is 10.2. The van der Waals surface area contributed by atoms with E-state index in [4.69, 9.17) is 16.3 Å².